The number of hydrogen-bond donors (Lipinski definition) is 1. The van der Waals surface area contributed by atoms with E-state index in [0.29, 0.717) is 30.4 Å². The average molecular weight is 275 g/mol. The van der Waals surface area contributed by atoms with Crippen LogP contribution in [0.3, 0.4) is 0 Å². The lowest BCUT2D eigenvalue weighted by Crippen LogP contribution is -2.38. The van der Waals surface area contributed by atoms with E-state index in [4.69, 9.17) is 16.7 Å². The Bertz CT molecular complexity index is 471. The molecule has 0 bridgehead atoms. The van der Waals surface area contributed by atoms with E-state index in [2.05, 4.69) is 4.98 Å². The Balaban J connectivity index is 2.30. The van der Waals surface area contributed by atoms with E-state index in [1.807, 2.05) is 4.90 Å². The van der Waals surface area contributed by atoms with Gasteiger partial charge in [-0.25, -0.2) is 9.78 Å². The zero-order chi connectivity index (χ0) is 12.4. The first-order valence-corrected chi connectivity index (χ1v) is 6.94. The maximum absolute atomic E-state index is 11.2. The van der Waals surface area contributed by atoms with Gasteiger partial charge < -0.3 is 10.0 Å². The van der Waals surface area contributed by atoms with Crippen LogP contribution in [0.5, 0.6) is 0 Å². The van der Waals surface area contributed by atoms with Gasteiger partial charge in [0.15, 0.2) is 0 Å². The smallest absolute Gasteiger partial charge is 0.337 e. The molecule has 92 valence electrons. The van der Waals surface area contributed by atoms with Crippen molar-refractivity contribution < 1.29 is 14.1 Å². The second-order valence-corrected chi connectivity index (χ2v) is 5.71. The van der Waals surface area contributed by atoms with Crippen LogP contribution >= 0.6 is 11.6 Å². The Labute approximate surface area is 106 Å². The third kappa shape index (κ3) is 2.58. The minimum absolute atomic E-state index is 0.0448. The highest BCUT2D eigenvalue weighted by Gasteiger charge is 2.21. The van der Waals surface area contributed by atoms with Crippen molar-refractivity contribution in [2.45, 2.75) is 0 Å². The number of halogens is 1. The second kappa shape index (κ2) is 5.01. The van der Waals surface area contributed by atoms with Crippen molar-refractivity contribution in [1.82, 2.24) is 4.98 Å². The van der Waals surface area contributed by atoms with Crippen LogP contribution in [0.15, 0.2) is 12.3 Å². The van der Waals surface area contributed by atoms with Gasteiger partial charge in [0.2, 0.25) is 0 Å². The Morgan fingerprint density at radius 1 is 1.47 bits per heavy atom. The second-order valence-electron chi connectivity index (χ2n) is 3.64. The number of carboxylic acid groups (broad SMARTS) is 1. The van der Waals surface area contributed by atoms with Crippen LogP contribution in [-0.2, 0) is 10.8 Å². The lowest BCUT2D eigenvalue weighted by Gasteiger charge is -2.28. The first-order chi connectivity index (χ1) is 8.09. The molecule has 0 aromatic carbocycles. The average Bonchev–Trinajstić information content (AvgIpc) is 2.30. The van der Waals surface area contributed by atoms with E-state index in [1.165, 1.54) is 12.3 Å². The Kier molecular flexibility index (Phi) is 3.63. The van der Waals surface area contributed by atoms with Crippen LogP contribution in [0.2, 0.25) is 5.02 Å². The molecule has 7 heteroatoms. The van der Waals surface area contributed by atoms with Crippen molar-refractivity contribution in [3.05, 3.63) is 22.8 Å². The van der Waals surface area contributed by atoms with Crippen LogP contribution in [0.1, 0.15) is 10.4 Å². The number of aromatic nitrogens is 1. The standard InChI is InChI=1S/C10H11ClN2O3S/c11-8-7(10(14)15)1-2-12-9(8)13-3-5-17(16)6-4-13/h1-2H,3-6H2,(H,14,15). The summed E-state index contributed by atoms with van der Waals surface area (Å²) < 4.78 is 11.2. The molecule has 17 heavy (non-hydrogen) atoms. The molecule has 0 unspecified atom stereocenters. The summed E-state index contributed by atoms with van der Waals surface area (Å²) in [5, 5.41) is 9.10. The molecular formula is C10H11ClN2O3S. The quantitative estimate of drug-likeness (QED) is 0.871. The molecule has 0 radical (unpaired) electrons. The molecule has 0 saturated carbocycles. The largest absolute Gasteiger partial charge is 0.478 e. The number of hydrogen-bond acceptors (Lipinski definition) is 4. The van der Waals surface area contributed by atoms with Crippen molar-refractivity contribution in [3.8, 4) is 0 Å². The SMILES string of the molecule is O=C(O)c1ccnc(N2CCS(=O)CC2)c1Cl. The number of nitrogens with zero attached hydrogens (tertiary/aromatic N) is 2. The Hall–Kier alpha value is -1.14. The summed E-state index contributed by atoms with van der Waals surface area (Å²) in [5.74, 6) is 0.521. The summed E-state index contributed by atoms with van der Waals surface area (Å²) in [6.45, 7) is 1.17. The monoisotopic (exact) mass is 274 g/mol. The fourth-order valence-corrected chi connectivity index (χ4v) is 3.03. The van der Waals surface area contributed by atoms with Crippen LogP contribution in [0, 0.1) is 0 Å². The third-order valence-electron chi connectivity index (χ3n) is 2.58. The predicted molar refractivity (Wildman–Crippen MR) is 66.3 cm³/mol. The van der Waals surface area contributed by atoms with Crippen LogP contribution in [0.4, 0.5) is 5.82 Å². The lowest BCUT2D eigenvalue weighted by molar-refractivity contribution is 0.0697. The third-order valence-corrected chi connectivity index (χ3v) is 4.23. The molecular weight excluding hydrogens is 264 g/mol. The lowest BCUT2D eigenvalue weighted by atomic mass is 10.2. The molecule has 1 saturated heterocycles. The zero-order valence-corrected chi connectivity index (χ0v) is 10.5. The van der Waals surface area contributed by atoms with E-state index >= 15 is 0 Å². The highest BCUT2D eigenvalue weighted by Crippen LogP contribution is 2.27. The molecule has 1 fully saturated rings. The molecule has 0 spiro atoms. The Morgan fingerprint density at radius 2 is 2.12 bits per heavy atom. The van der Waals surface area contributed by atoms with Crippen molar-refractivity contribution in [2.75, 3.05) is 29.5 Å². The van der Waals surface area contributed by atoms with Gasteiger partial charge in [0, 0.05) is 41.6 Å². The number of carbonyl (C=O) groups is 1. The van der Waals surface area contributed by atoms with Gasteiger partial charge in [-0.15, -0.1) is 0 Å². The highest BCUT2D eigenvalue weighted by atomic mass is 35.5. The zero-order valence-electron chi connectivity index (χ0n) is 8.93. The molecule has 1 N–H and O–H groups in total. The van der Waals surface area contributed by atoms with E-state index in [-0.39, 0.29) is 10.6 Å². The van der Waals surface area contributed by atoms with Crippen LogP contribution in [-0.4, -0.2) is 44.9 Å². The van der Waals surface area contributed by atoms with Crippen molar-refractivity contribution in [1.29, 1.82) is 0 Å². The molecule has 5 nitrogen and oxygen atoms in total. The number of anilines is 1. The van der Waals surface area contributed by atoms with Gasteiger partial charge in [-0.2, -0.15) is 0 Å². The minimum Gasteiger partial charge on any atom is -0.478 e. The van der Waals surface area contributed by atoms with Crippen molar-refractivity contribution in [3.63, 3.8) is 0 Å². The predicted octanol–water partition coefficient (Wildman–Crippen LogP) is 1.00. The highest BCUT2D eigenvalue weighted by molar-refractivity contribution is 7.85. The molecule has 0 atom stereocenters. The van der Waals surface area contributed by atoms with Gasteiger partial charge in [-0.3, -0.25) is 4.21 Å². The van der Waals surface area contributed by atoms with Crippen LogP contribution in [0.25, 0.3) is 0 Å². The number of pyridine rings is 1. The van der Waals surface area contributed by atoms with E-state index in [0.717, 1.165) is 0 Å². The van der Waals surface area contributed by atoms with Gasteiger partial charge in [-0.1, -0.05) is 11.6 Å². The summed E-state index contributed by atoms with van der Waals surface area (Å²) in [6, 6.07) is 1.37. The molecule has 0 amide bonds. The topological polar surface area (TPSA) is 70.5 Å². The molecule has 2 heterocycles. The number of rotatable bonds is 2. The van der Waals surface area contributed by atoms with Crippen molar-refractivity contribution in [2.24, 2.45) is 0 Å². The molecule has 1 aromatic rings. The maximum Gasteiger partial charge on any atom is 0.337 e. The number of aromatic carboxylic acids is 1. The summed E-state index contributed by atoms with van der Waals surface area (Å²) in [6.07, 6.45) is 1.43. The molecule has 1 aromatic heterocycles. The molecule has 2 rings (SSSR count). The summed E-state index contributed by atoms with van der Waals surface area (Å²) in [4.78, 5) is 16.9. The normalized spacial score (nSPS) is 17.1. The van der Waals surface area contributed by atoms with Gasteiger partial charge in [0.25, 0.3) is 0 Å². The maximum atomic E-state index is 11.2. The summed E-state index contributed by atoms with van der Waals surface area (Å²) in [5.41, 5.74) is 0.0448. The van der Waals surface area contributed by atoms with E-state index in [9.17, 15) is 9.00 Å². The van der Waals surface area contributed by atoms with Gasteiger partial charge in [0.05, 0.1) is 10.6 Å². The van der Waals surface area contributed by atoms with Gasteiger partial charge in [-0.05, 0) is 6.07 Å². The molecule has 0 aliphatic carbocycles. The molecule has 1 aliphatic rings. The van der Waals surface area contributed by atoms with Crippen molar-refractivity contribution >= 4 is 34.2 Å². The van der Waals surface area contributed by atoms with E-state index in [1.54, 1.807) is 0 Å². The first-order valence-electron chi connectivity index (χ1n) is 5.07. The number of carboxylic acids is 1. The van der Waals surface area contributed by atoms with Gasteiger partial charge in [0.1, 0.15) is 5.82 Å². The minimum atomic E-state index is -1.07. The fourth-order valence-electron chi connectivity index (χ4n) is 1.67. The van der Waals surface area contributed by atoms with Gasteiger partial charge >= 0.3 is 5.97 Å². The Morgan fingerprint density at radius 3 is 2.71 bits per heavy atom. The van der Waals surface area contributed by atoms with E-state index < -0.39 is 16.8 Å². The summed E-state index contributed by atoms with van der Waals surface area (Å²) >= 11 is 6.01. The van der Waals surface area contributed by atoms with Crippen LogP contribution < -0.4 is 4.90 Å². The molecule has 1 aliphatic heterocycles. The summed E-state index contributed by atoms with van der Waals surface area (Å²) in [7, 11) is -0.784. The fraction of sp³-hybridized carbons (Fsp3) is 0.400. The first kappa shape index (κ1) is 12.3.